The molecule has 0 saturated carbocycles. The van der Waals surface area contributed by atoms with Gasteiger partial charge in [-0.3, -0.25) is 4.79 Å². The molecule has 0 radical (unpaired) electrons. The molecule has 0 heterocycles. The van der Waals surface area contributed by atoms with E-state index in [1.165, 1.54) is 6.07 Å². The Morgan fingerprint density at radius 2 is 1.81 bits per heavy atom. The topological polar surface area (TPSA) is 63.2 Å². The molecule has 2 aromatic rings. The van der Waals surface area contributed by atoms with Gasteiger partial charge in [-0.1, -0.05) is 41.9 Å². The van der Waals surface area contributed by atoms with Crippen LogP contribution >= 0.6 is 27.5 Å². The summed E-state index contributed by atoms with van der Waals surface area (Å²) in [6.45, 7) is 0. The van der Waals surface area contributed by atoms with Gasteiger partial charge in [-0.2, -0.15) is 0 Å². The van der Waals surface area contributed by atoms with Gasteiger partial charge in [-0.15, -0.1) is 0 Å². The van der Waals surface area contributed by atoms with Gasteiger partial charge in [0.25, 0.3) is 5.91 Å². The van der Waals surface area contributed by atoms with Crippen molar-refractivity contribution in [2.45, 2.75) is 5.75 Å². The van der Waals surface area contributed by atoms with Crippen LogP contribution in [0.5, 0.6) is 0 Å². The van der Waals surface area contributed by atoms with Gasteiger partial charge >= 0.3 is 0 Å². The molecule has 0 atom stereocenters. The number of halogens is 2. The molecule has 0 saturated heterocycles. The van der Waals surface area contributed by atoms with Crippen LogP contribution in [0.15, 0.2) is 53.0 Å². The zero-order valence-corrected chi connectivity index (χ0v) is 13.9. The summed E-state index contributed by atoms with van der Waals surface area (Å²) in [4.78, 5) is 12.0. The van der Waals surface area contributed by atoms with Gasteiger partial charge in [0.2, 0.25) is 10.0 Å². The number of amides is 1. The van der Waals surface area contributed by atoms with Gasteiger partial charge in [0.15, 0.2) is 0 Å². The second-order valence-corrected chi connectivity index (χ2v) is 7.31. The fourth-order valence-electron chi connectivity index (χ4n) is 1.70. The molecule has 1 amide bonds. The van der Waals surface area contributed by atoms with Crippen molar-refractivity contribution in [3.63, 3.8) is 0 Å². The third-order valence-corrected chi connectivity index (χ3v) is 4.76. The minimum absolute atomic E-state index is 0.166. The molecule has 4 nitrogen and oxygen atoms in total. The average Bonchev–Trinajstić information content (AvgIpc) is 2.41. The monoisotopic (exact) mass is 387 g/mol. The third-order valence-electron chi connectivity index (χ3n) is 2.62. The lowest BCUT2D eigenvalue weighted by molar-refractivity contribution is 0.0980. The molecular weight excluding hydrogens is 378 g/mol. The van der Waals surface area contributed by atoms with E-state index in [4.69, 9.17) is 11.6 Å². The van der Waals surface area contributed by atoms with Crippen LogP contribution in [-0.2, 0) is 15.8 Å². The minimum Gasteiger partial charge on any atom is -0.268 e. The van der Waals surface area contributed by atoms with E-state index in [0.29, 0.717) is 15.1 Å². The normalized spacial score (nSPS) is 11.1. The number of hydrogen-bond acceptors (Lipinski definition) is 3. The van der Waals surface area contributed by atoms with E-state index in [-0.39, 0.29) is 11.3 Å². The lowest BCUT2D eigenvalue weighted by Crippen LogP contribution is -2.31. The first-order chi connectivity index (χ1) is 9.87. The molecule has 0 fully saturated rings. The smallest absolute Gasteiger partial charge is 0.265 e. The van der Waals surface area contributed by atoms with Gasteiger partial charge < -0.3 is 0 Å². The van der Waals surface area contributed by atoms with Crippen LogP contribution in [-0.4, -0.2) is 14.3 Å². The van der Waals surface area contributed by atoms with Crippen LogP contribution in [0.25, 0.3) is 0 Å². The van der Waals surface area contributed by atoms with Gasteiger partial charge in [0.05, 0.1) is 11.3 Å². The maximum Gasteiger partial charge on any atom is 0.265 e. The number of hydrogen-bond donors (Lipinski definition) is 1. The average molecular weight is 389 g/mol. The van der Waals surface area contributed by atoms with Crippen molar-refractivity contribution < 1.29 is 13.2 Å². The van der Waals surface area contributed by atoms with E-state index < -0.39 is 15.9 Å². The molecule has 2 rings (SSSR count). The zero-order chi connectivity index (χ0) is 15.5. The largest absolute Gasteiger partial charge is 0.268 e. The van der Waals surface area contributed by atoms with Crippen LogP contribution in [0.4, 0.5) is 0 Å². The van der Waals surface area contributed by atoms with Gasteiger partial charge in [-0.25, -0.2) is 13.1 Å². The third kappa shape index (κ3) is 4.56. The van der Waals surface area contributed by atoms with E-state index in [0.717, 1.165) is 0 Å². The zero-order valence-electron chi connectivity index (χ0n) is 10.7. The fraction of sp³-hybridized carbons (Fsp3) is 0.0714. The molecule has 0 aromatic heterocycles. The molecular formula is C14H11BrClNO3S. The van der Waals surface area contributed by atoms with Crippen molar-refractivity contribution in [3.05, 3.63) is 69.2 Å². The Morgan fingerprint density at radius 3 is 2.48 bits per heavy atom. The second kappa shape index (κ2) is 6.60. The predicted molar refractivity (Wildman–Crippen MR) is 85.7 cm³/mol. The molecule has 110 valence electrons. The second-order valence-electron chi connectivity index (χ2n) is 4.30. The van der Waals surface area contributed by atoms with E-state index in [9.17, 15) is 13.2 Å². The molecule has 21 heavy (non-hydrogen) atoms. The summed E-state index contributed by atoms with van der Waals surface area (Å²) >= 11 is 9.00. The molecule has 1 N–H and O–H groups in total. The highest BCUT2D eigenvalue weighted by Gasteiger charge is 2.18. The summed E-state index contributed by atoms with van der Waals surface area (Å²) in [6.07, 6.45) is 0. The Kier molecular flexibility index (Phi) is 5.03. The molecule has 0 aliphatic rings. The van der Waals surface area contributed by atoms with Crippen molar-refractivity contribution in [2.75, 3.05) is 0 Å². The van der Waals surface area contributed by atoms with Crippen molar-refractivity contribution in [1.29, 1.82) is 0 Å². The summed E-state index contributed by atoms with van der Waals surface area (Å²) in [5.74, 6) is -0.988. The fourth-order valence-corrected chi connectivity index (χ4v) is 3.39. The summed E-state index contributed by atoms with van der Waals surface area (Å²) in [7, 11) is -3.78. The number of benzene rings is 2. The summed E-state index contributed by atoms with van der Waals surface area (Å²) < 4.78 is 26.5. The Bertz CT molecular complexity index is 763. The predicted octanol–water partition coefficient (Wildman–Crippen LogP) is 3.36. The highest BCUT2D eigenvalue weighted by atomic mass is 79.9. The number of carbonyl (C=O) groups excluding carboxylic acids is 1. The van der Waals surface area contributed by atoms with Crippen LogP contribution in [0.3, 0.4) is 0 Å². The Morgan fingerprint density at radius 1 is 1.14 bits per heavy atom. The molecule has 2 aromatic carbocycles. The van der Waals surface area contributed by atoms with Crippen LogP contribution in [0.1, 0.15) is 15.9 Å². The first kappa shape index (κ1) is 16.0. The van der Waals surface area contributed by atoms with Crippen molar-refractivity contribution in [2.24, 2.45) is 0 Å². The molecule has 7 heteroatoms. The number of sulfonamides is 1. The molecule has 0 aliphatic carbocycles. The Balaban J connectivity index is 2.16. The number of carbonyl (C=O) groups is 1. The van der Waals surface area contributed by atoms with Gasteiger partial charge in [0, 0.05) is 9.50 Å². The molecule has 0 bridgehead atoms. The molecule has 0 spiro atoms. The van der Waals surface area contributed by atoms with Crippen LogP contribution in [0, 0.1) is 0 Å². The standard InChI is InChI=1S/C14H11BrClNO3S/c15-13-7-6-11(16)8-12(13)14(18)17-21(19,20)9-10-4-2-1-3-5-10/h1-8H,9H2,(H,17,18). The van der Waals surface area contributed by atoms with Crippen molar-refractivity contribution in [3.8, 4) is 0 Å². The van der Waals surface area contributed by atoms with E-state index in [2.05, 4.69) is 15.9 Å². The first-order valence-corrected chi connectivity index (χ1v) is 8.73. The Labute approximate surface area is 136 Å². The van der Waals surface area contributed by atoms with E-state index in [1.54, 1.807) is 42.5 Å². The maximum atomic E-state index is 12.0. The van der Waals surface area contributed by atoms with Gasteiger partial charge in [-0.05, 0) is 39.7 Å². The first-order valence-electron chi connectivity index (χ1n) is 5.91. The van der Waals surface area contributed by atoms with E-state index >= 15 is 0 Å². The van der Waals surface area contributed by atoms with Crippen molar-refractivity contribution >= 4 is 43.5 Å². The SMILES string of the molecule is O=C(NS(=O)(=O)Cc1ccccc1)c1cc(Cl)ccc1Br. The van der Waals surface area contributed by atoms with Crippen LogP contribution in [0.2, 0.25) is 5.02 Å². The lowest BCUT2D eigenvalue weighted by atomic mass is 10.2. The number of rotatable bonds is 4. The minimum atomic E-state index is -3.78. The maximum absolute atomic E-state index is 12.0. The highest BCUT2D eigenvalue weighted by Crippen LogP contribution is 2.21. The lowest BCUT2D eigenvalue weighted by Gasteiger charge is -2.08. The van der Waals surface area contributed by atoms with Gasteiger partial charge in [0.1, 0.15) is 0 Å². The molecule has 0 aliphatic heterocycles. The Hall–Kier alpha value is -1.37. The van der Waals surface area contributed by atoms with Crippen LogP contribution < -0.4 is 4.72 Å². The highest BCUT2D eigenvalue weighted by molar-refractivity contribution is 9.10. The summed E-state index contributed by atoms with van der Waals surface area (Å²) in [5.41, 5.74) is 0.766. The number of nitrogens with one attached hydrogen (secondary N) is 1. The summed E-state index contributed by atoms with van der Waals surface area (Å²) in [6, 6.07) is 13.2. The quantitative estimate of drug-likeness (QED) is 0.873. The summed E-state index contributed by atoms with van der Waals surface area (Å²) in [5, 5.41) is 0.351. The van der Waals surface area contributed by atoms with E-state index in [1.807, 2.05) is 4.72 Å². The van der Waals surface area contributed by atoms with Crippen molar-refractivity contribution in [1.82, 2.24) is 4.72 Å². The molecule has 0 unspecified atom stereocenters.